The Labute approximate surface area is 152 Å². The molecule has 3 N–H and O–H groups in total. The van der Waals surface area contributed by atoms with Crippen LogP contribution < -0.4 is 10.5 Å². The molecule has 26 heavy (non-hydrogen) atoms. The zero-order valence-corrected chi connectivity index (χ0v) is 14.3. The quantitative estimate of drug-likeness (QED) is 0.677. The molecule has 0 unspecified atom stereocenters. The Morgan fingerprint density at radius 1 is 0.808 bits per heavy atom. The third kappa shape index (κ3) is 4.94. The SMILES string of the molecule is N[C@@H](Cc1ccc(Oc2ccc(Cc3ccccc3)cc2)cc1)C(=O)O. The Morgan fingerprint density at radius 2 is 1.31 bits per heavy atom. The highest BCUT2D eigenvalue weighted by Gasteiger charge is 2.11. The van der Waals surface area contributed by atoms with E-state index in [0.717, 1.165) is 17.7 Å². The number of hydrogen-bond acceptors (Lipinski definition) is 3. The van der Waals surface area contributed by atoms with Crippen LogP contribution in [0.1, 0.15) is 16.7 Å². The Balaban J connectivity index is 1.59. The summed E-state index contributed by atoms with van der Waals surface area (Å²) in [6, 6.07) is 24.8. The van der Waals surface area contributed by atoms with Crippen LogP contribution in [0.25, 0.3) is 0 Å². The number of carbonyl (C=O) groups is 1. The molecule has 0 aliphatic carbocycles. The molecule has 3 aromatic rings. The molecule has 132 valence electrons. The Hall–Kier alpha value is -3.11. The van der Waals surface area contributed by atoms with Crippen LogP contribution in [0.2, 0.25) is 0 Å². The summed E-state index contributed by atoms with van der Waals surface area (Å²) in [6.45, 7) is 0. The van der Waals surface area contributed by atoms with Gasteiger partial charge in [0.1, 0.15) is 17.5 Å². The lowest BCUT2D eigenvalue weighted by atomic mass is 10.1. The van der Waals surface area contributed by atoms with Crippen molar-refractivity contribution in [2.75, 3.05) is 0 Å². The minimum atomic E-state index is -0.999. The first-order valence-electron chi connectivity index (χ1n) is 8.48. The smallest absolute Gasteiger partial charge is 0.320 e. The van der Waals surface area contributed by atoms with Crippen LogP contribution in [0.15, 0.2) is 78.9 Å². The maximum absolute atomic E-state index is 10.8. The van der Waals surface area contributed by atoms with Gasteiger partial charge < -0.3 is 15.6 Å². The minimum Gasteiger partial charge on any atom is -0.480 e. The van der Waals surface area contributed by atoms with E-state index < -0.39 is 12.0 Å². The highest BCUT2D eigenvalue weighted by Crippen LogP contribution is 2.23. The van der Waals surface area contributed by atoms with Gasteiger partial charge in [-0.25, -0.2) is 0 Å². The Kier molecular flexibility index (Phi) is 5.66. The van der Waals surface area contributed by atoms with Gasteiger partial charge in [0.15, 0.2) is 0 Å². The maximum atomic E-state index is 10.8. The standard InChI is InChI=1S/C22H21NO3/c23-21(22(24)25)15-18-8-12-20(13-9-18)26-19-10-6-17(7-11-19)14-16-4-2-1-3-5-16/h1-13,21H,14-15,23H2,(H,24,25)/t21-/m0/s1. The molecule has 0 saturated heterocycles. The Morgan fingerprint density at radius 3 is 1.85 bits per heavy atom. The highest BCUT2D eigenvalue weighted by atomic mass is 16.5. The van der Waals surface area contributed by atoms with Gasteiger partial charge >= 0.3 is 5.97 Å². The lowest BCUT2D eigenvalue weighted by Crippen LogP contribution is -2.32. The zero-order chi connectivity index (χ0) is 18.4. The molecule has 4 nitrogen and oxygen atoms in total. The molecule has 0 amide bonds. The van der Waals surface area contributed by atoms with Gasteiger partial charge in [-0.3, -0.25) is 4.79 Å². The number of rotatable bonds is 7. The van der Waals surface area contributed by atoms with Crippen LogP contribution in [0.4, 0.5) is 0 Å². The molecule has 0 radical (unpaired) electrons. The van der Waals surface area contributed by atoms with E-state index >= 15 is 0 Å². The van der Waals surface area contributed by atoms with Crippen LogP contribution in [0.5, 0.6) is 11.5 Å². The average Bonchev–Trinajstić information content (AvgIpc) is 2.66. The molecule has 0 fully saturated rings. The molecule has 3 rings (SSSR count). The highest BCUT2D eigenvalue weighted by molar-refractivity contribution is 5.73. The maximum Gasteiger partial charge on any atom is 0.320 e. The fourth-order valence-corrected chi connectivity index (χ4v) is 2.68. The monoisotopic (exact) mass is 347 g/mol. The molecule has 0 bridgehead atoms. The second-order valence-electron chi connectivity index (χ2n) is 6.20. The molecular formula is C22H21NO3. The van der Waals surface area contributed by atoms with Crippen LogP contribution in [-0.2, 0) is 17.6 Å². The van der Waals surface area contributed by atoms with Gasteiger partial charge in [0.2, 0.25) is 0 Å². The lowest BCUT2D eigenvalue weighted by Gasteiger charge is -2.09. The second-order valence-corrected chi connectivity index (χ2v) is 6.20. The van der Waals surface area contributed by atoms with Gasteiger partial charge in [0.25, 0.3) is 0 Å². The predicted molar refractivity (Wildman–Crippen MR) is 102 cm³/mol. The van der Waals surface area contributed by atoms with Crippen molar-refractivity contribution in [3.05, 3.63) is 95.6 Å². The number of nitrogens with two attached hydrogens (primary N) is 1. The van der Waals surface area contributed by atoms with Crippen LogP contribution in [-0.4, -0.2) is 17.1 Å². The average molecular weight is 347 g/mol. The van der Waals surface area contributed by atoms with E-state index in [1.54, 1.807) is 0 Å². The van der Waals surface area contributed by atoms with E-state index in [0.29, 0.717) is 12.2 Å². The molecule has 1 atom stereocenters. The topological polar surface area (TPSA) is 72.5 Å². The summed E-state index contributed by atoms with van der Waals surface area (Å²) >= 11 is 0. The first-order valence-corrected chi connectivity index (χ1v) is 8.48. The number of aliphatic carboxylic acids is 1. The summed E-state index contributed by atoms with van der Waals surface area (Å²) in [7, 11) is 0. The largest absolute Gasteiger partial charge is 0.480 e. The molecular weight excluding hydrogens is 326 g/mol. The van der Waals surface area contributed by atoms with Gasteiger partial charge in [-0.1, -0.05) is 54.6 Å². The third-order valence-electron chi connectivity index (χ3n) is 4.11. The molecule has 0 aliphatic rings. The van der Waals surface area contributed by atoms with Gasteiger partial charge in [0, 0.05) is 0 Å². The van der Waals surface area contributed by atoms with Gasteiger partial charge in [0.05, 0.1) is 0 Å². The van der Waals surface area contributed by atoms with E-state index in [9.17, 15) is 4.79 Å². The van der Waals surface area contributed by atoms with Crippen LogP contribution in [0.3, 0.4) is 0 Å². The van der Waals surface area contributed by atoms with Crippen molar-refractivity contribution in [3.8, 4) is 11.5 Å². The molecule has 0 saturated carbocycles. The van der Waals surface area contributed by atoms with Crippen molar-refractivity contribution in [3.63, 3.8) is 0 Å². The molecule has 0 aromatic heterocycles. The van der Waals surface area contributed by atoms with Gasteiger partial charge in [-0.15, -0.1) is 0 Å². The number of carboxylic acids is 1. The van der Waals surface area contributed by atoms with E-state index in [1.807, 2.05) is 54.6 Å². The number of ether oxygens (including phenoxy) is 1. The lowest BCUT2D eigenvalue weighted by molar-refractivity contribution is -0.138. The van der Waals surface area contributed by atoms with Crippen molar-refractivity contribution in [1.82, 2.24) is 0 Å². The zero-order valence-electron chi connectivity index (χ0n) is 14.3. The molecule has 4 heteroatoms. The summed E-state index contributed by atoms with van der Waals surface area (Å²) in [4.78, 5) is 10.8. The van der Waals surface area contributed by atoms with Gasteiger partial charge in [-0.2, -0.15) is 0 Å². The van der Waals surface area contributed by atoms with E-state index in [4.69, 9.17) is 15.6 Å². The minimum absolute atomic E-state index is 0.295. The van der Waals surface area contributed by atoms with Crippen molar-refractivity contribution in [1.29, 1.82) is 0 Å². The summed E-state index contributed by atoms with van der Waals surface area (Å²) in [5.74, 6) is 0.464. The summed E-state index contributed by atoms with van der Waals surface area (Å²) in [5, 5.41) is 8.86. The van der Waals surface area contributed by atoms with Crippen LogP contribution in [0, 0.1) is 0 Å². The third-order valence-corrected chi connectivity index (χ3v) is 4.11. The van der Waals surface area contributed by atoms with E-state index in [1.165, 1.54) is 11.1 Å². The first kappa shape index (κ1) is 17.7. The summed E-state index contributed by atoms with van der Waals surface area (Å²) < 4.78 is 5.84. The van der Waals surface area contributed by atoms with E-state index in [-0.39, 0.29) is 0 Å². The molecule has 0 spiro atoms. The number of carboxylic acid groups (broad SMARTS) is 1. The second kappa shape index (κ2) is 8.32. The summed E-state index contributed by atoms with van der Waals surface area (Å²) in [6.07, 6.45) is 1.18. The van der Waals surface area contributed by atoms with E-state index in [2.05, 4.69) is 24.3 Å². The van der Waals surface area contributed by atoms with Crippen molar-refractivity contribution in [2.45, 2.75) is 18.9 Å². The predicted octanol–water partition coefficient (Wildman–Crippen LogP) is 4.02. The molecule has 0 heterocycles. The number of hydrogen-bond donors (Lipinski definition) is 2. The van der Waals surface area contributed by atoms with Crippen LogP contribution >= 0.6 is 0 Å². The normalized spacial score (nSPS) is 11.7. The van der Waals surface area contributed by atoms with Crippen molar-refractivity contribution >= 4 is 5.97 Å². The fourth-order valence-electron chi connectivity index (χ4n) is 2.68. The van der Waals surface area contributed by atoms with Crippen molar-refractivity contribution in [2.24, 2.45) is 5.73 Å². The molecule has 3 aromatic carbocycles. The Bertz CT molecular complexity index is 843. The fraction of sp³-hybridized carbons (Fsp3) is 0.136. The van der Waals surface area contributed by atoms with Crippen molar-refractivity contribution < 1.29 is 14.6 Å². The first-order chi connectivity index (χ1) is 12.6. The van der Waals surface area contributed by atoms with Gasteiger partial charge in [-0.05, 0) is 53.8 Å². The summed E-state index contributed by atoms with van der Waals surface area (Å²) in [5.41, 5.74) is 8.91. The molecule has 0 aliphatic heterocycles. The number of benzene rings is 3.